The smallest absolute Gasteiger partial charge is 0.139 e. The highest BCUT2D eigenvalue weighted by Crippen LogP contribution is 2.14. The van der Waals surface area contributed by atoms with Crippen molar-refractivity contribution in [1.82, 2.24) is 9.78 Å². The molecule has 0 saturated carbocycles. The molecule has 0 atom stereocenters. The van der Waals surface area contributed by atoms with Gasteiger partial charge in [0.2, 0.25) is 0 Å². The number of nitrogens with zero attached hydrogens (tertiary/aromatic N) is 3. The Kier molecular flexibility index (Phi) is 5.73. The first-order valence-electron chi connectivity index (χ1n) is 7.80. The second-order valence-electron chi connectivity index (χ2n) is 6.86. The maximum atomic E-state index is 9.38. The monoisotopic (exact) mass is 331 g/mol. The van der Waals surface area contributed by atoms with E-state index < -0.39 is 8.07 Å². The van der Waals surface area contributed by atoms with Crippen LogP contribution in [0.5, 0.6) is 0 Å². The van der Waals surface area contributed by atoms with Gasteiger partial charge in [-0.2, -0.15) is 5.10 Å². The molecule has 5 nitrogen and oxygen atoms in total. The van der Waals surface area contributed by atoms with Crippen LogP contribution in [0.1, 0.15) is 16.8 Å². The molecule has 1 heterocycles. The summed E-state index contributed by atoms with van der Waals surface area (Å²) < 4.78 is 7.47. The molecule has 1 aromatic carbocycles. The van der Waals surface area contributed by atoms with Gasteiger partial charge in [-0.05, 0) is 18.5 Å². The van der Waals surface area contributed by atoms with Crippen molar-refractivity contribution in [3.8, 4) is 0 Å². The lowest BCUT2D eigenvalue weighted by molar-refractivity contribution is 0.0785. The predicted octanol–water partition coefficient (Wildman–Crippen LogP) is 3.73. The summed E-state index contributed by atoms with van der Waals surface area (Å²) in [6.07, 6.45) is 1.91. The Bertz CT molecular complexity index is 660. The van der Waals surface area contributed by atoms with Crippen LogP contribution in [0, 0.1) is 6.92 Å². The number of hydrogen-bond donors (Lipinski definition) is 1. The molecular formula is C17H25N3O2Si. The Morgan fingerprint density at radius 2 is 1.96 bits per heavy atom. The fourth-order valence-electron chi connectivity index (χ4n) is 2.20. The zero-order valence-corrected chi connectivity index (χ0v) is 15.3. The summed E-state index contributed by atoms with van der Waals surface area (Å²) in [4.78, 5) is 0. The zero-order valence-electron chi connectivity index (χ0n) is 14.3. The molecule has 0 saturated heterocycles. The highest BCUT2D eigenvalue weighted by molar-refractivity contribution is 6.76. The van der Waals surface area contributed by atoms with Gasteiger partial charge in [-0.25, -0.2) is 4.68 Å². The lowest BCUT2D eigenvalue weighted by Crippen LogP contribution is -2.22. The SMILES string of the molecule is Cc1cn(COCC[Si](C)(C)C)nc1/C(=N/O)c1ccccc1. The predicted molar refractivity (Wildman–Crippen MR) is 94.9 cm³/mol. The summed E-state index contributed by atoms with van der Waals surface area (Å²) in [6.45, 7) is 10.1. The van der Waals surface area contributed by atoms with Crippen LogP contribution in [-0.4, -0.2) is 35.4 Å². The van der Waals surface area contributed by atoms with Gasteiger partial charge < -0.3 is 9.94 Å². The first-order valence-corrected chi connectivity index (χ1v) is 11.5. The largest absolute Gasteiger partial charge is 0.410 e. The van der Waals surface area contributed by atoms with Crippen LogP contribution >= 0.6 is 0 Å². The Morgan fingerprint density at radius 1 is 1.26 bits per heavy atom. The minimum absolute atomic E-state index is 0.415. The lowest BCUT2D eigenvalue weighted by Gasteiger charge is -2.15. The third-order valence-corrected chi connectivity index (χ3v) is 5.24. The van der Waals surface area contributed by atoms with E-state index in [-0.39, 0.29) is 0 Å². The summed E-state index contributed by atoms with van der Waals surface area (Å²) in [5, 5.41) is 17.3. The molecule has 1 aromatic heterocycles. The summed E-state index contributed by atoms with van der Waals surface area (Å²) in [5.41, 5.74) is 2.94. The number of aryl methyl sites for hydroxylation is 1. The molecule has 0 aliphatic heterocycles. The van der Waals surface area contributed by atoms with Crippen LogP contribution in [0.25, 0.3) is 0 Å². The Morgan fingerprint density at radius 3 is 2.57 bits per heavy atom. The number of ether oxygens (including phenoxy) is 1. The van der Waals surface area contributed by atoms with E-state index in [0.717, 1.165) is 23.8 Å². The minimum atomic E-state index is -1.08. The van der Waals surface area contributed by atoms with Gasteiger partial charge in [0.25, 0.3) is 0 Å². The summed E-state index contributed by atoms with van der Waals surface area (Å²) in [7, 11) is -1.08. The van der Waals surface area contributed by atoms with Crippen molar-refractivity contribution < 1.29 is 9.94 Å². The van der Waals surface area contributed by atoms with E-state index in [2.05, 4.69) is 29.9 Å². The maximum absolute atomic E-state index is 9.38. The maximum Gasteiger partial charge on any atom is 0.139 e. The van der Waals surface area contributed by atoms with Crippen molar-refractivity contribution in [3.63, 3.8) is 0 Å². The van der Waals surface area contributed by atoms with Gasteiger partial charge in [-0.3, -0.25) is 0 Å². The molecule has 0 unspecified atom stereocenters. The molecule has 0 radical (unpaired) electrons. The average Bonchev–Trinajstić information content (AvgIpc) is 2.86. The molecule has 23 heavy (non-hydrogen) atoms. The van der Waals surface area contributed by atoms with Gasteiger partial charge >= 0.3 is 0 Å². The van der Waals surface area contributed by atoms with Crippen molar-refractivity contribution in [2.24, 2.45) is 5.16 Å². The van der Waals surface area contributed by atoms with E-state index in [0.29, 0.717) is 18.1 Å². The van der Waals surface area contributed by atoms with Crippen LogP contribution in [0.3, 0.4) is 0 Å². The first kappa shape index (κ1) is 17.4. The molecule has 0 fully saturated rings. The number of aromatic nitrogens is 2. The van der Waals surface area contributed by atoms with Crippen LogP contribution in [0.15, 0.2) is 41.7 Å². The molecule has 0 amide bonds. The van der Waals surface area contributed by atoms with Gasteiger partial charge in [0.05, 0.1) is 0 Å². The van der Waals surface area contributed by atoms with Crippen LogP contribution in [0.4, 0.5) is 0 Å². The second-order valence-corrected chi connectivity index (χ2v) is 12.5. The van der Waals surface area contributed by atoms with Gasteiger partial charge in [0, 0.05) is 26.4 Å². The van der Waals surface area contributed by atoms with Crippen LogP contribution in [-0.2, 0) is 11.5 Å². The van der Waals surface area contributed by atoms with Crippen molar-refractivity contribution >= 4 is 13.8 Å². The minimum Gasteiger partial charge on any atom is -0.410 e. The third kappa shape index (κ3) is 5.04. The number of oxime groups is 1. The van der Waals surface area contributed by atoms with Crippen LogP contribution < -0.4 is 0 Å². The molecule has 2 rings (SSSR count). The standard InChI is InChI=1S/C17H25N3O2Si/c1-14-12-20(13-22-10-11-23(2,3)4)18-16(14)17(19-21)15-8-6-5-7-9-15/h5-9,12,21H,10-11,13H2,1-4H3/b19-17+. The van der Waals surface area contributed by atoms with Gasteiger partial charge in [0.1, 0.15) is 18.1 Å². The van der Waals surface area contributed by atoms with E-state index in [1.807, 2.05) is 43.5 Å². The highest BCUT2D eigenvalue weighted by Gasteiger charge is 2.15. The number of rotatable bonds is 7. The van der Waals surface area contributed by atoms with E-state index in [4.69, 9.17) is 4.74 Å². The van der Waals surface area contributed by atoms with Gasteiger partial charge in [0.15, 0.2) is 0 Å². The molecular weight excluding hydrogens is 306 g/mol. The fourth-order valence-corrected chi connectivity index (χ4v) is 2.95. The van der Waals surface area contributed by atoms with Crippen LogP contribution in [0.2, 0.25) is 25.7 Å². The summed E-state index contributed by atoms with van der Waals surface area (Å²) in [6, 6.07) is 10.7. The van der Waals surface area contributed by atoms with E-state index in [9.17, 15) is 5.21 Å². The average molecular weight is 331 g/mol. The lowest BCUT2D eigenvalue weighted by atomic mass is 10.1. The summed E-state index contributed by atoms with van der Waals surface area (Å²) >= 11 is 0. The van der Waals surface area contributed by atoms with Gasteiger partial charge in [-0.1, -0.05) is 55.1 Å². The Hall–Kier alpha value is -1.92. The van der Waals surface area contributed by atoms with Crippen molar-refractivity contribution in [2.75, 3.05) is 6.61 Å². The molecule has 124 valence electrons. The normalized spacial score (nSPS) is 12.6. The molecule has 1 N–H and O–H groups in total. The fraction of sp³-hybridized carbons (Fsp3) is 0.412. The molecule has 0 spiro atoms. The first-order chi connectivity index (χ1) is 10.9. The van der Waals surface area contributed by atoms with Crippen molar-refractivity contribution in [1.29, 1.82) is 0 Å². The van der Waals surface area contributed by atoms with Gasteiger partial charge in [-0.15, -0.1) is 0 Å². The quantitative estimate of drug-likeness (QED) is 0.276. The number of hydrogen-bond acceptors (Lipinski definition) is 4. The van der Waals surface area contributed by atoms with E-state index >= 15 is 0 Å². The second kappa shape index (κ2) is 7.57. The molecule has 6 heteroatoms. The number of benzene rings is 1. The molecule has 0 bridgehead atoms. The highest BCUT2D eigenvalue weighted by atomic mass is 28.3. The zero-order chi connectivity index (χ0) is 16.9. The van der Waals surface area contributed by atoms with E-state index in [1.54, 1.807) is 4.68 Å². The van der Waals surface area contributed by atoms with Crippen molar-refractivity contribution in [2.45, 2.75) is 39.3 Å². The summed E-state index contributed by atoms with van der Waals surface area (Å²) in [5.74, 6) is 0. The van der Waals surface area contributed by atoms with E-state index in [1.165, 1.54) is 0 Å². The molecule has 0 aliphatic carbocycles. The molecule has 2 aromatic rings. The topological polar surface area (TPSA) is 59.6 Å². The molecule has 0 aliphatic rings. The Balaban J connectivity index is 2.06. The van der Waals surface area contributed by atoms with Crippen molar-refractivity contribution in [3.05, 3.63) is 53.3 Å². The third-order valence-electron chi connectivity index (χ3n) is 3.54. The Labute approximate surface area is 138 Å².